The van der Waals surface area contributed by atoms with Gasteiger partial charge in [0.05, 0.1) is 11.0 Å². The third kappa shape index (κ3) is 4.54. The number of carbonyl (C=O) groups is 1. The number of para-hydroxylation sites is 2. The van der Waals surface area contributed by atoms with Crippen LogP contribution in [0.3, 0.4) is 0 Å². The number of nitrogens with zero attached hydrogens (tertiary/aromatic N) is 6. The highest BCUT2D eigenvalue weighted by molar-refractivity contribution is 6.30. The largest absolute Gasteiger partial charge is 0.336 e. The first-order valence-electron chi connectivity index (χ1n) is 11.5. The maximum atomic E-state index is 12.9. The van der Waals surface area contributed by atoms with E-state index in [9.17, 15) is 4.79 Å². The Kier molecular flexibility index (Phi) is 6.31. The number of benzene rings is 2. The van der Waals surface area contributed by atoms with Crippen LogP contribution in [-0.4, -0.2) is 56.1 Å². The minimum Gasteiger partial charge on any atom is -0.336 e. The summed E-state index contributed by atoms with van der Waals surface area (Å²) in [7, 11) is 0. The number of rotatable bonds is 5. The molecule has 2 aromatic carbocycles. The normalized spacial score (nSPS) is 15.9. The number of amides is 2. The zero-order valence-corrected chi connectivity index (χ0v) is 19.7. The first-order valence-corrected chi connectivity index (χ1v) is 11.8. The maximum Gasteiger partial charge on any atom is 0.321 e. The lowest BCUT2D eigenvalue weighted by atomic mass is 10.0. The molecule has 34 heavy (non-hydrogen) atoms. The van der Waals surface area contributed by atoms with Crippen molar-refractivity contribution >= 4 is 40.3 Å². The molecule has 2 amide bonds. The summed E-state index contributed by atoms with van der Waals surface area (Å²) >= 11 is 6.06. The van der Waals surface area contributed by atoms with Gasteiger partial charge in [-0.3, -0.25) is 4.57 Å². The van der Waals surface area contributed by atoms with E-state index in [0.717, 1.165) is 36.2 Å². The summed E-state index contributed by atoms with van der Waals surface area (Å²) in [5.41, 5.74) is 2.61. The number of nitrogens with one attached hydrogen (secondary N) is 1. The van der Waals surface area contributed by atoms with Gasteiger partial charge in [-0.25, -0.2) is 14.8 Å². The van der Waals surface area contributed by atoms with Crippen molar-refractivity contribution in [2.24, 2.45) is 0 Å². The van der Waals surface area contributed by atoms with Crippen molar-refractivity contribution < 1.29 is 4.79 Å². The number of fused-ring (bicyclic) bond motifs is 1. The molecule has 0 radical (unpaired) electrons. The van der Waals surface area contributed by atoms with Crippen LogP contribution < -0.4 is 10.2 Å². The van der Waals surface area contributed by atoms with E-state index in [-0.39, 0.29) is 12.1 Å². The second kappa shape index (κ2) is 9.69. The first kappa shape index (κ1) is 22.2. The van der Waals surface area contributed by atoms with Crippen LogP contribution in [0.5, 0.6) is 0 Å². The quantitative estimate of drug-likeness (QED) is 0.439. The lowest BCUT2D eigenvalue weighted by Crippen LogP contribution is -2.51. The number of likely N-dealkylation sites (tertiary alicyclic amines) is 1. The molecule has 9 heteroatoms. The lowest BCUT2D eigenvalue weighted by Gasteiger charge is -2.39. The second-order valence-electron chi connectivity index (χ2n) is 8.29. The molecular formula is C25H26ClN7O. The van der Waals surface area contributed by atoms with Crippen LogP contribution >= 0.6 is 11.6 Å². The fraction of sp³-hybridized carbons (Fsp3) is 0.280. The summed E-state index contributed by atoms with van der Waals surface area (Å²) in [6.45, 7) is 4.14. The van der Waals surface area contributed by atoms with Crippen molar-refractivity contribution in [1.29, 1.82) is 0 Å². The Morgan fingerprint density at radius 3 is 2.91 bits per heavy atom. The van der Waals surface area contributed by atoms with Crippen molar-refractivity contribution in [1.82, 2.24) is 24.4 Å². The van der Waals surface area contributed by atoms with Gasteiger partial charge in [-0.2, -0.15) is 4.98 Å². The molecule has 1 aliphatic heterocycles. The molecule has 1 atom stereocenters. The molecule has 0 aliphatic carbocycles. The number of carbonyl (C=O) groups excluding carboxylic acids is 1. The number of anilines is 2. The zero-order valence-electron chi connectivity index (χ0n) is 18.9. The van der Waals surface area contributed by atoms with Crippen LogP contribution in [0.25, 0.3) is 16.9 Å². The second-order valence-corrected chi connectivity index (χ2v) is 8.72. The molecule has 5 rings (SSSR count). The van der Waals surface area contributed by atoms with Crippen LogP contribution in [-0.2, 0) is 0 Å². The fourth-order valence-electron chi connectivity index (χ4n) is 4.48. The van der Waals surface area contributed by atoms with E-state index >= 15 is 0 Å². The molecule has 4 aromatic rings. The van der Waals surface area contributed by atoms with E-state index in [2.05, 4.69) is 27.1 Å². The number of piperidine rings is 1. The molecule has 0 saturated carbocycles. The average Bonchev–Trinajstić information content (AvgIpc) is 3.29. The van der Waals surface area contributed by atoms with E-state index in [1.54, 1.807) is 24.7 Å². The Morgan fingerprint density at radius 1 is 1.18 bits per heavy atom. The van der Waals surface area contributed by atoms with E-state index in [1.807, 2.05) is 51.9 Å². The summed E-state index contributed by atoms with van der Waals surface area (Å²) < 4.78 is 1.97. The number of aromatic nitrogens is 4. The van der Waals surface area contributed by atoms with E-state index in [1.165, 1.54) is 0 Å². The van der Waals surface area contributed by atoms with Crippen molar-refractivity contribution in [2.75, 3.05) is 29.9 Å². The maximum absolute atomic E-state index is 12.9. The number of urea groups is 1. The summed E-state index contributed by atoms with van der Waals surface area (Å²) in [4.78, 5) is 30.9. The third-order valence-electron chi connectivity index (χ3n) is 6.13. The predicted octanol–water partition coefficient (Wildman–Crippen LogP) is 4.99. The average molecular weight is 476 g/mol. The molecular weight excluding hydrogens is 450 g/mol. The molecule has 1 aliphatic rings. The minimum atomic E-state index is -0.123. The van der Waals surface area contributed by atoms with Crippen molar-refractivity contribution in [3.05, 3.63) is 72.1 Å². The fourth-order valence-corrected chi connectivity index (χ4v) is 4.67. The molecule has 1 N–H and O–H groups in total. The number of halogens is 1. The number of likely N-dealkylation sites (N-methyl/N-ethyl adjacent to an activating group) is 1. The molecule has 3 heterocycles. The smallest absolute Gasteiger partial charge is 0.321 e. The minimum absolute atomic E-state index is 0.123. The van der Waals surface area contributed by atoms with Crippen LogP contribution in [0.4, 0.5) is 16.4 Å². The standard InChI is InChI=1S/C25H26ClN7O/c1-2-32(20-9-6-14-31(16-20)25(34)29-19-8-5-7-18(26)15-19)24-27-13-12-23(30-24)33-17-28-21-10-3-4-11-22(21)33/h3-5,7-8,10-13,15,17,20H,2,6,9,14,16H2,1H3,(H,29,34). The molecule has 8 nitrogen and oxygen atoms in total. The van der Waals surface area contributed by atoms with Crippen molar-refractivity contribution in [3.8, 4) is 5.82 Å². The van der Waals surface area contributed by atoms with E-state index in [4.69, 9.17) is 16.6 Å². The summed E-state index contributed by atoms with van der Waals surface area (Å²) in [5, 5.41) is 3.55. The van der Waals surface area contributed by atoms with Crippen molar-refractivity contribution in [2.45, 2.75) is 25.8 Å². The molecule has 1 saturated heterocycles. The summed E-state index contributed by atoms with van der Waals surface area (Å²) in [6, 6.07) is 17.1. The van der Waals surface area contributed by atoms with E-state index < -0.39 is 0 Å². The monoisotopic (exact) mass is 475 g/mol. The molecule has 2 aromatic heterocycles. The Bertz CT molecular complexity index is 1310. The van der Waals surface area contributed by atoms with Crippen LogP contribution in [0.15, 0.2) is 67.1 Å². The summed E-state index contributed by atoms with van der Waals surface area (Å²) in [5.74, 6) is 1.42. The van der Waals surface area contributed by atoms with Gasteiger partial charge < -0.3 is 15.1 Å². The molecule has 174 valence electrons. The van der Waals surface area contributed by atoms with Crippen LogP contribution in [0.2, 0.25) is 5.02 Å². The number of hydrogen-bond acceptors (Lipinski definition) is 5. The van der Waals surface area contributed by atoms with Gasteiger partial charge in [-0.05, 0) is 56.2 Å². The van der Waals surface area contributed by atoms with Gasteiger partial charge in [-0.15, -0.1) is 0 Å². The molecule has 1 fully saturated rings. The highest BCUT2D eigenvalue weighted by Gasteiger charge is 2.29. The Morgan fingerprint density at radius 2 is 2.06 bits per heavy atom. The van der Waals surface area contributed by atoms with Gasteiger partial charge in [0.2, 0.25) is 5.95 Å². The van der Waals surface area contributed by atoms with Gasteiger partial charge in [0.1, 0.15) is 12.1 Å². The Hall–Kier alpha value is -3.65. The Labute approximate surface area is 203 Å². The predicted molar refractivity (Wildman–Crippen MR) is 135 cm³/mol. The van der Waals surface area contributed by atoms with Gasteiger partial charge in [-0.1, -0.05) is 29.8 Å². The topological polar surface area (TPSA) is 79.2 Å². The lowest BCUT2D eigenvalue weighted by molar-refractivity contribution is 0.191. The van der Waals surface area contributed by atoms with Gasteiger partial charge >= 0.3 is 6.03 Å². The molecule has 0 spiro atoms. The molecule has 1 unspecified atom stereocenters. The summed E-state index contributed by atoms with van der Waals surface area (Å²) in [6.07, 6.45) is 5.45. The van der Waals surface area contributed by atoms with Crippen molar-refractivity contribution in [3.63, 3.8) is 0 Å². The third-order valence-corrected chi connectivity index (χ3v) is 6.36. The highest BCUT2D eigenvalue weighted by Crippen LogP contribution is 2.23. The number of hydrogen-bond donors (Lipinski definition) is 1. The van der Waals surface area contributed by atoms with Gasteiger partial charge in [0.15, 0.2) is 0 Å². The van der Waals surface area contributed by atoms with E-state index in [0.29, 0.717) is 29.7 Å². The van der Waals surface area contributed by atoms with Gasteiger partial charge in [0.25, 0.3) is 0 Å². The zero-order chi connectivity index (χ0) is 23.5. The van der Waals surface area contributed by atoms with Gasteiger partial charge in [0, 0.05) is 42.6 Å². The molecule has 0 bridgehead atoms. The first-order chi connectivity index (χ1) is 16.6. The van der Waals surface area contributed by atoms with Crippen LogP contribution in [0, 0.1) is 0 Å². The SMILES string of the molecule is CCN(c1nccc(-n2cnc3ccccc32)n1)C1CCCN(C(=O)Nc2cccc(Cl)c2)C1. The van der Waals surface area contributed by atoms with Crippen LogP contribution in [0.1, 0.15) is 19.8 Å². The number of imidazole rings is 1. The Balaban J connectivity index is 1.34. The highest BCUT2D eigenvalue weighted by atomic mass is 35.5.